The smallest absolute Gasteiger partial charge is 0.174 e. The highest BCUT2D eigenvalue weighted by Crippen LogP contribution is 2.32. The van der Waals surface area contributed by atoms with Gasteiger partial charge in [-0.1, -0.05) is 43.9 Å². The fourth-order valence-electron chi connectivity index (χ4n) is 1.24. The molecule has 1 rings (SSSR count). The molecule has 0 fully saturated rings. The Morgan fingerprint density at radius 1 is 1.44 bits per heavy atom. The van der Waals surface area contributed by atoms with Crippen molar-refractivity contribution in [2.24, 2.45) is 11.1 Å². The van der Waals surface area contributed by atoms with Gasteiger partial charge in [-0.3, -0.25) is 0 Å². The fourth-order valence-corrected chi connectivity index (χ4v) is 3.55. The first kappa shape index (κ1) is 13.9. The molecule has 1 heterocycles. The molecule has 92 valence electrons. The molecule has 0 aliphatic rings. The van der Waals surface area contributed by atoms with Crippen LogP contribution >= 0.6 is 23.1 Å². The van der Waals surface area contributed by atoms with Gasteiger partial charge in [0.05, 0.1) is 11.9 Å². The zero-order valence-corrected chi connectivity index (χ0v) is 11.7. The second-order valence-electron chi connectivity index (χ2n) is 4.82. The van der Waals surface area contributed by atoms with Crippen molar-refractivity contribution in [3.05, 3.63) is 5.01 Å². The van der Waals surface area contributed by atoms with Crippen molar-refractivity contribution in [3.63, 3.8) is 0 Å². The third-order valence-electron chi connectivity index (χ3n) is 2.34. The molecule has 2 atom stereocenters. The molecule has 3 N–H and O–H groups in total. The van der Waals surface area contributed by atoms with Gasteiger partial charge >= 0.3 is 0 Å². The Morgan fingerprint density at radius 2 is 2.06 bits per heavy atom. The molecule has 0 aromatic carbocycles. The Bertz CT molecular complexity index is 335. The minimum Gasteiger partial charge on any atom is -0.395 e. The molecule has 0 radical (unpaired) electrons. The van der Waals surface area contributed by atoms with Crippen LogP contribution in [-0.2, 0) is 0 Å². The van der Waals surface area contributed by atoms with Gasteiger partial charge in [0, 0.05) is 6.04 Å². The maximum absolute atomic E-state index is 9.38. The number of aliphatic hydroxyl groups is 1. The van der Waals surface area contributed by atoms with Crippen molar-refractivity contribution in [2.75, 3.05) is 6.61 Å². The Morgan fingerprint density at radius 3 is 2.44 bits per heavy atom. The molecule has 0 saturated carbocycles. The first-order valence-electron chi connectivity index (χ1n) is 5.18. The Labute approximate surface area is 105 Å². The van der Waals surface area contributed by atoms with E-state index >= 15 is 0 Å². The number of hydrogen-bond donors (Lipinski definition) is 2. The lowest BCUT2D eigenvalue weighted by Gasteiger charge is -2.32. The number of nitrogens with zero attached hydrogens (tertiary/aromatic N) is 2. The lowest BCUT2D eigenvalue weighted by atomic mass is 9.85. The van der Waals surface area contributed by atoms with Gasteiger partial charge in [0.15, 0.2) is 4.34 Å². The van der Waals surface area contributed by atoms with E-state index in [0.29, 0.717) is 0 Å². The van der Waals surface area contributed by atoms with Gasteiger partial charge < -0.3 is 10.8 Å². The summed E-state index contributed by atoms with van der Waals surface area (Å²) in [6, 6.07) is -0.0771. The Balaban J connectivity index is 2.69. The highest BCUT2D eigenvalue weighted by molar-refractivity contribution is 8.01. The average molecular weight is 261 g/mol. The summed E-state index contributed by atoms with van der Waals surface area (Å²) in [6.07, 6.45) is 0. The number of aryl methyl sites for hydroxylation is 1. The van der Waals surface area contributed by atoms with Crippen LogP contribution in [-0.4, -0.2) is 33.2 Å². The molecule has 1 aromatic rings. The first-order valence-corrected chi connectivity index (χ1v) is 6.87. The van der Waals surface area contributed by atoms with Gasteiger partial charge in [-0.2, -0.15) is 0 Å². The van der Waals surface area contributed by atoms with E-state index in [2.05, 4.69) is 31.0 Å². The number of rotatable bonds is 4. The molecule has 0 saturated heterocycles. The number of nitrogens with two attached hydrogens (primary N) is 1. The minimum atomic E-state index is -0.0771. The standard InChI is InChI=1S/C10H19N3OS2/c1-6-12-13-9(15-6)16-7(5-14)8(11)10(2,3)4/h7-8,14H,5,11H2,1-4H3. The quantitative estimate of drug-likeness (QED) is 0.807. The highest BCUT2D eigenvalue weighted by atomic mass is 32.2. The van der Waals surface area contributed by atoms with Crippen molar-refractivity contribution in [2.45, 2.75) is 43.3 Å². The van der Waals surface area contributed by atoms with Gasteiger partial charge in [-0.15, -0.1) is 10.2 Å². The van der Waals surface area contributed by atoms with Crippen LogP contribution in [0.25, 0.3) is 0 Å². The van der Waals surface area contributed by atoms with Crippen molar-refractivity contribution in [1.29, 1.82) is 0 Å². The zero-order valence-electron chi connectivity index (χ0n) is 10.1. The monoisotopic (exact) mass is 261 g/mol. The maximum Gasteiger partial charge on any atom is 0.174 e. The second-order valence-corrected chi connectivity index (χ2v) is 7.49. The Kier molecular flexibility index (Phi) is 4.73. The van der Waals surface area contributed by atoms with Crippen LogP contribution in [0.15, 0.2) is 4.34 Å². The molecule has 6 heteroatoms. The van der Waals surface area contributed by atoms with Crippen LogP contribution in [0.3, 0.4) is 0 Å². The van der Waals surface area contributed by atoms with E-state index in [9.17, 15) is 5.11 Å². The summed E-state index contributed by atoms with van der Waals surface area (Å²) in [6.45, 7) is 8.20. The van der Waals surface area contributed by atoms with E-state index in [1.54, 1.807) is 0 Å². The van der Waals surface area contributed by atoms with Gasteiger partial charge in [0.2, 0.25) is 0 Å². The lowest BCUT2D eigenvalue weighted by molar-refractivity contribution is 0.233. The fraction of sp³-hybridized carbons (Fsp3) is 0.800. The summed E-state index contributed by atoms with van der Waals surface area (Å²) in [5, 5.41) is 18.3. The van der Waals surface area contributed by atoms with Gasteiger partial charge in [-0.05, 0) is 12.3 Å². The molecule has 16 heavy (non-hydrogen) atoms. The average Bonchev–Trinajstić information content (AvgIpc) is 2.58. The highest BCUT2D eigenvalue weighted by Gasteiger charge is 2.30. The van der Waals surface area contributed by atoms with Gasteiger partial charge in [-0.25, -0.2) is 0 Å². The Hall–Kier alpha value is -0.170. The van der Waals surface area contributed by atoms with Crippen LogP contribution in [0.5, 0.6) is 0 Å². The molecule has 1 aromatic heterocycles. The lowest BCUT2D eigenvalue weighted by Crippen LogP contribution is -2.45. The molecule has 0 spiro atoms. The third-order valence-corrected chi connectivity index (χ3v) is 4.54. The molecule has 0 bridgehead atoms. The zero-order chi connectivity index (χ0) is 12.3. The van der Waals surface area contributed by atoms with Crippen molar-refractivity contribution in [1.82, 2.24) is 10.2 Å². The summed E-state index contributed by atoms with van der Waals surface area (Å²) in [7, 11) is 0. The predicted molar refractivity (Wildman–Crippen MR) is 68.8 cm³/mol. The molecule has 0 aliphatic carbocycles. The summed E-state index contributed by atoms with van der Waals surface area (Å²) < 4.78 is 0.872. The number of aromatic nitrogens is 2. The number of aliphatic hydroxyl groups excluding tert-OH is 1. The summed E-state index contributed by atoms with van der Waals surface area (Å²) in [4.78, 5) is 0. The van der Waals surface area contributed by atoms with Gasteiger partial charge in [0.1, 0.15) is 5.01 Å². The SMILES string of the molecule is Cc1nnc(SC(CO)C(N)C(C)(C)C)s1. The molecule has 4 nitrogen and oxygen atoms in total. The summed E-state index contributed by atoms with van der Waals surface area (Å²) in [5.74, 6) is 0. The number of hydrogen-bond acceptors (Lipinski definition) is 6. The van der Waals surface area contributed by atoms with E-state index in [1.165, 1.54) is 23.1 Å². The maximum atomic E-state index is 9.38. The van der Waals surface area contributed by atoms with Crippen LogP contribution < -0.4 is 5.73 Å². The van der Waals surface area contributed by atoms with Crippen LogP contribution in [0.2, 0.25) is 0 Å². The summed E-state index contributed by atoms with van der Waals surface area (Å²) >= 11 is 3.05. The minimum absolute atomic E-state index is 0.0276. The van der Waals surface area contributed by atoms with E-state index in [1.807, 2.05) is 6.92 Å². The van der Waals surface area contributed by atoms with Crippen molar-refractivity contribution < 1.29 is 5.11 Å². The third kappa shape index (κ3) is 3.69. The van der Waals surface area contributed by atoms with E-state index in [0.717, 1.165) is 9.35 Å². The molecular formula is C10H19N3OS2. The first-order chi connectivity index (χ1) is 7.34. The normalized spacial score (nSPS) is 16.1. The van der Waals surface area contributed by atoms with E-state index in [4.69, 9.17) is 5.73 Å². The van der Waals surface area contributed by atoms with Gasteiger partial charge in [0.25, 0.3) is 0 Å². The van der Waals surface area contributed by atoms with E-state index in [-0.39, 0.29) is 23.3 Å². The van der Waals surface area contributed by atoms with E-state index < -0.39 is 0 Å². The van der Waals surface area contributed by atoms with Crippen LogP contribution in [0, 0.1) is 12.3 Å². The predicted octanol–water partition coefficient (Wildman–Crippen LogP) is 1.67. The largest absolute Gasteiger partial charge is 0.395 e. The van der Waals surface area contributed by atoms with Crippen molar-refractivity contribution >= 4 is 23.1 Å². The number of thioether (sulfide) groups is 1. The molecule has 0 amide bonds. The second kappa shape index (κ2) is 5.44. The molecule has 2 unspecified atom stereocenters. The molecule has 0 aliphatic heterocycles. The molecular weight excluding hydrogens is 242 g/mol. The van der Waals surface area contributed by atoms with Crippen molar-refractivity contribution in [3.8, 4) is 0 Å². The topological polar surface area (TPSA) is 72.0 Å². The summed E-state index contributed by atoms with van der Waals surface area (Å²) in [5.41, 5.74) is 6.11. The van der Waals surface area contributed by atoms with Crippen LogP contribution in [0.1, 0.15) is 25.8 Å². The van der Waals surface area contributed by atoms with Crippen LogP contribution in [0.4, 0.5) is 0 Å².